The lowest BCUT2D eigenvalue weighted by molar-refractivity contribution is -0.0305. The van der Waals surface area contributed by atoms with Crippen LogP contribution in [0.15, 0.2) is 0 Å². The average molecular weight is 222 g/mol. The molecule has 3 heteroatoms. The van der Waals surface area contributed by atoms with Crippen molar-refractivity contribution in [1.29, 1.82) is 5.26 Å². The third kappa shape index (κ3) is 2.96. The second-order valence-corrected chi connectivity index (χ2v) is 6.18. The van der Waals surface area contributed by atoms with Gasteiger partial charge in [0.05, 0.1) is 18.3 Å². The Morgan fingerprint density at radius 2 is 1.88 bits per heavy atom. The predicted octanol–water partition coefficient (Wildman–Crippen LogP) is 2.23. The number of rotatable bonds is 5. The van der Waals surface area contributed by atoms with Crippen molar-refractivity contribution in [2.75, 3.05) is 6.61 Å². The van der Waals surface area contributed by atoms with Crippen molar-refractivity contribution in [1.82, 2.24) is 5.32 Å². The first-order valence-electron chi connectivity index (χ1n) is 6.28. The van der Waals surface area contributed by atoms with Gasteiger partial charge in [0.25, 0.3) is 0 Å². The van der Waals surface area contributed by atoms with Crippen molar-refractivity contribution in [2.45, 2.75) is 63.6 Å². The Labute approximate surface area is 98.2 Å². The van der Waals surface area contributed by atoms with Crippen LogP contribution in [0.25, 0.3) is 0 Å². The van der Waals surface area contributed by atoms with E-state index in [4.69, 9.17) is 4.74 Å². The van der Waals surface area contributed by atoms with Crippen LogP contribution < -0.4 is 5.32 Å². The summed E-state index contributed by atoms with van der Waals surface area (Å²) in [6.45, 7) is 6.64. The second kappa shape index (κ2) is 4.01. The van der Waals surface area contributed by atoms with Crippen LogP contribution in [0, 0.1) is 17.2 Å². The van der Waals surface area contributed by atoms with E-state index in [9.17, 15) is 5.26 Å². The molecule has 2 rings (SSSR count). The summed E-state index contributed by atoms with van der Waals surface area (Å²) in [6, 6.07) is 3.04. The van der Waals surface area contributed by atoms with Gasteiger partial charge in [0.15, 0.2) is 0 Å². The van der Waals surface area contributed by atoms with Gasteiger partial charge in [0.1, 0.15) is 5.54 Å². The molecule has 1 N–H and O–H groups in total. The summed E-state index contributed by atoms with van der Waals surface area (Å²) < 4.78 is 5.83. The van der Waals surface area contributed by atoms with Gasteiger partial charge in [-0.1, -0.05) is 0 Å². The van der Waals surface area contributed by atoms with Gasteiger partial charge in [-0.05, 0) is 52.4 Å². The molecule has 0 aliphatic heterocycles. The first-order valence-corrected chi connectivity index (χ1v) is 6.28. The van der Waals surface area contributed by atoms with E-state index < -0.39 is 5.54 Å². The van der Waals surface area contributed by atoms with Crippen molar-refractivity contribution in [3.05, 3.63) is 0 Å². The summed E-state index contributed by atoms with van der Waals surface area (Å²) in [4.78, 5) is 0. The Balaban J connectivity index is 1.98. The Morgan fingerprint density at radius 1 is 1.25 bits per heavy atom. The summed E-state index contributed by atoms with van der Waals surface area (Å²) in [6.07, 6.45) is 4.76. The van der Waals surface area contributed by atoms with E-state index in [0.29, 0.717) is 18.6 Å². The molecule has 2 aliphatic carbocycles. The maximum atomic E-state index is 9.47. The van der Waals surface area contributed by atoms with Gasteiger partial charge in [-0.2, -0.15) is 5.26 Å². The number of nitriles is 1. The summed E-state index contributed by atoms with van der Waals surface area (Å²) in [5.74, 6) is 0.500. The van der Waals surface area contributed by atoms with E-state index in [2.05, 4.69) is 11.4 Å². The lowest BCUT2D eigenvalue weighted by Crippen LogP contribution is -2.52. The van der Waals surface area contributed by atoms with Crippen molar-refractivity contribution >= 4 is 0 Å². The zero-order chi connectivity index (χ0) is 11.8. The van der Waals surface area contributed by atoms with E-state index >= 15 is 0 Å². The minimum Gasteiger partial charge on any atom is -0.373 e. The van der Waals surface area contributed by atoms with Crippen molar-refractivity contribution < 1.29 is 4.74 Å². The van der Waals surface area contributed by atoms with E-state index in [1.807, 2.05) is 20.8 Å². The molecule has 0 radical (unpaired) electrons. The van der Waals surface area contributed by atoms with E-state index in [1.54, 1.807) is 0 Å². The molecule has 3 nitrogen and oxygen atoms in total. The molecule has 0 spiro atoms. The Hall–Kier alpha value is -0.590. The van der Waals surface area contributed by atoms with Crippen molar-refractivity contribution in [3.63, 3.8) is 0 Å². The standard InChI is InChI=1S/C13H22N2O/c1-12(2,3)16-9-13(8-14,10-4-5-10)15-11-6-7-11/h10-11,15H,4-7,9H2,1-3H3. The normalized spacial score (nSPS) is 24.9. The molecular formula is C13H22N2O. The van der Waals surface area contributed by atoms with Gasteiger partial charge in [-0.25, -0.2) is 0 Å². The van der Waals surface area contributed by atoms with Crippen LogP contribution in [0.5, 0.6) is 0 Å². The largest absolute Gasteiger partial charge is 0.373 e. The highest BCUT2D eigenvalue weighted by Gasteiger charge is 2.49. The monoisotopic (exact) mass is 222 g/mol. The van der Waals surface area contributed by atoms with Crippen LogP contribution in [-0.2, 0) is 4.74 Å². The minimum absolute atomic E-state index is 0.164. The predicted molar refractivity (Wildman–Crippen MR) is 62.9 cm³/mol. The van der Waals surface area contributed by atoms with Gasteiger partial charge in [-0.3, -0.25) is 5.32 Å². The minimum atomic E-state index is -0.422. The average Bonchev–Trinajstić information content (AvgIpc) is 3.01. The highest BCUT2D eigenvalue weighted by atomic mass is 16.5. The quantitative estimate of drug-likeness (QED) is 0.775. The molecule has 0 aromatic heterocycles. The third-order valence-electron chi connectivity index (χ3n) is 3.25. The van der Waals surface area contributed by atoms with Crippen LogP contribution in [0.1, 0.15) is 46.5 Å². The molecule has 0 aromatic rings. The molecule has 0 heterocycles. The summed E-state index contributed by atoms with van der Waals surface area (Å²) in [5, 5.41) is 13.0. The maximum absolute atomic E-state index is 9.47. The molecule has 1 atom stereocenters. The van der Waals surface area contributed by atoms with Crippen LogP contribution in [0.3, 0.4) is 0 Å². The number of nitrogens with one attached hydrogen (secondary N) is 1. The molecule has 2 saturated carbocycles. The zero-order valence-corrected chi connectivity index (χ0v) is 10.5. The van der Waals surface area contributed by atoms with Gasteiger partial charge in [-0.15, -0.1) is 0 Å². The van der Waals surface area contributed by atoms with Crippen molar-refractivity contribution in [3.8, 4) is 6.07 Å². The molecular weight excluding hydrogens is 200 g/mol. The Bertz CT molecular complexity index is 294. The Morgan fingerprint density at radius 3 is 2.25 bits per heavy atom. The fourth-order valence-electron chi connectivity index (χ4n) is 1.93. The molecule has 0 aromatic carbocycles. The summed E-state index contributed by atoms with van der Waals surface area (Å²) in [5.41, 5.74) is -0.587. The van der Waals surface area contributed by atoms with Gasteiger partial charge in [0, 0.05) is 6.04 Å². The highest BCUT2D eigenvalue weighted by molar-refractivity contribution is 5.17. The van der Waals surface area contributed by atoms with Crippen LogP contribution in [0.2, 0.25) is 0 Å². The van der Waals surface area contributed by atoms with Crippen LogP contribution >= 0.6 is 0 Å². The van der Waals surface area contributed by atoms with Crippen LogP contribution in [-0.4, -0.2) is 23.8 Å². The smallest absolute Gasteiger partial charge is 0.133 e. The van der Waals surface area contributed by atoms with Gasteiger partial charge >= 0.3 is 0 Å². The fraction of sp³-hybridized carbons (Fsp3) is 0.923. The molecule has 0 bridgehead atoms. The number of nitrogens with zero attached hydrogens (tertiary/aromatic N) is 1. The topological polar surface area (TPSA) is 45.0 Å². The molecule has 16 heavy (non-hydrogen) atoms. The number of hydrogen-bond donors (Lipinski definition) is 1. The van der Waals surface area contributed by atoms with E-state index in [0.717, 1.165) is 0 Å². The van der Waals surface area contributed by atoms with Crippen molar-refractivity contribution in [2.24, 2.45) is 5.92 Å². The Kier molecular flexibility index (Phi) is 2.98. The first kappa shape index (κ1) is 11.9. The molecule has 2 aliphatic rings. The first-order chi connectivity index (χ1) is 7.45. The highest BCUT2D eigenvalue weighted by Crippen LogP contribution is 2.41. The van der Waals surface area contributed by atoms with E-state index in [-0.39, 0.29) is 5.60 Å². The van der Waals surface area contributed by atoms with Gasteiger partial charge in [0.2, 0.25) is 0 Å². The lowest BCUT2D eigenvalue weighted by Gasteiger charge is -2.31. The molecule has 1 unspecified atom stereocenters. The number of ether oxygens (including phenoxy) is 1. The molecule has 2 fully saturated rings. The SMILES string of the molecule is CC(C)(C)OCC(C#N)(NC1CC1)C1CC1. The summed E-state index contributed by atoms with van der Waals surface area (Å²) in [7, 11) is 0. The molecule has 0 saturated heterocycles. The van der Waals surface area contributed by atoms with Gasteiger partial charge < -0.3 is 4.74 Å². The molecule has 90 valence electrons. The number of hydrogen-bond acceptors (Lipinski definition) is 3. The lowest BCUT2D eigenvalue weighted by atomic mass is 9.95. The second-order valence-electron chi connectivity index (χ2n) is 6.18. The summed E-state index contributed by atoms with van der Waals surface area (Å²) >= 11 is 0. The zero-order valence-electron chi connectivity index (χ0n) is 10.5. The van der Waals surface area contributed by atoms with Crippen LogP contribution in [0.4, 0.5) is 0 Å². The molecule has 0 amide bonds. The fourth-order valence-corrected chi connectivity index (χ4v) is 1.93. The third-order valence-corrected chi connectivity index (χ3v) is 3.25. The van der Waals surface area contributed by atoms with E-state index in [1.165, 1.54) is 25.7 Å². The maximum Gasteiger partial charge on any atom is 0.133 e.